The summed E-state index contributed by atoms with van der Waals surface area (Å²) in [6.45, 7) is 4.21. The molecule has 0 aliphatic rings. The highest BCUT2D eigenvalue weighted by Crippen LogP contribution is 2.23. The van der Waals surface area contributed by atoms with Crippen LogP contribution in [0.2, 0.25) is 0 Å². The van der Waals surface area contributed by atoms with Crippen LogP contribution in [0.25, 0.3) is 0 Å². The van der Waals surface area contributed by atoms with Crippen molar-refractivity contribution in [1.82, 2.24) is 10.6 Å². The van der Waals surface area contributed by atoms with E-state index >= 15 is 0 Å². The fourth-order valence-corrected chi connectivity index (χ4v) is 3.50. The van der Waals surface area contributed by atoms with E-state index in [1.54, 1.807) is 49.8 Å². The van der Waals surface area contributed by atoms with Crippen LogP contribution in [0.4, 0.5) is 9.59 Å². The van der Waals surface area contributed by atoms with E-state index in [0.29, 0.717) is 11.5 Å². The molecule has 30 heavy (non-hydrogen) atoms. The summed E-state index contributed by atoms with van der Waals surface area (Å²) in [7, 11) is 3.09. The summed E-state index contributed by atoms with van der Waals surface area (Å²) in [5, 5.41) is 4.86. The molecule has 0 atom stereocenters. The first-order valence-corrected chi connectivity index (χ1v) is 12.0. The lowest BCUT2D eigenvalue weighted by molar-refractivity contribution is 0.201. The largest absolute Gasteiger partial charge is 0.412 e. The number of benzene rings is 2. The third-order valence-electron chi connectivity index (χ3n) is 3.68. The topological polar surface area (TPSA) is 76.7 Å². The van der Waals surface area contributed by atoms with Gasteiger partial charge in [-0.15, -0.1) is 0 Å². The van der Waals surface area contributed by atoms with Crippen molar-refractivity contribution in [1.29, 1.82) is 0 Å². The van der Waals surface area contributed by atoms with E-state index < -0.39 is 12.2 Å². The second-order valence-electron chi connectivity index (χ2n) is 5.77. The molecule has 2 N–H and O–H groups in total. The second-order valence-corrected chi connectivity index (χ2v) is 8.32. The van der Waals surface area contributed by atoms with Gasteiger partial charge < -0.3 is 20.1 Å². The summed E-state index contributed by atoms with van der Waals surface area (Å²) in [6.07, 6.45) is -0.854. The molecular formula is C22H30N2O4S2. The minimum absolute atomic E-state index is 0.427. The van der Waals surface area contributed by atoms with Crippen molar-refractivity contribution >= 4 is 35.7 Å². The van der Waals surface area contributed by atoms with Gasteiger partial charge in [-0.3, -0.25) is 0 Å². The first-order chi connectivity index (χ1) is 14.5. The van der Waals surface area contributed by atoms with Crippen molar-refractivity contribution < 1.29 is 19.1 Å². The number of rotatable bonds is 8. The van der Waals surface area contributed by atoms with Crippen molar-refractivity contribution in [2.24, 2.45) is 0 Å². The number of thioether (sulfide) groups is 2. The van der Waals surface area contributed by atoms with Gasteiger partial charge in [0.2, 0.25) is 0 Å². The number of amides is 2. The zero-order chi connectivity index (χ0) is 22.2. The number of carbonyl (C=O) groups excluding carboxylic acids is 2. The third-order valence-corrected chi connectivity index (χ3v) is 5.53. The standard InChI is InChI=1S/2C11H15NO2S/c2*1-3-15-8-9-6-4-5-7-10(9)14-11(13)12-2/h2*4-7H,3,8H2,1-2H3,(H,12,13). The summed E-state index contributed by atoms with van der Waals surface area (Å²) in [5.41, 5.74) is 2.10. The molecule has 2 rings (SSSR count). The molecule has 164 valence electrons. The molecule has 0 aliphatic heterocycles. The maximum Gasteiger partial charge on any atom is 0.412 e. The van der Waals surface area contributed by atoms with Crippen molar-refractivity contribution in [2.45, 2.75) is 25.4 Å². The molecule has 0 radical (unpaired) electrons. The summed E-state index contributed by atoms with van der Waals surface area (Å²) in [4.78, 5) is 22.1. The minimum atomic E-state index is -0.427. The maximum absolute atomic E-state index is 11.1. The van der Waals surface area contributed by atoms with Gasteiger partial charge in [0.1, 0.15) is 11.5 Å². The van der Waals surface area contributed by atoms with E-state index in [2.05, 4.69) is 24.5 Å². The Morgan fingerprint density at radius 2 is 1.10 bits per heavy atom. The highest BCUT2D eigenvalue weighted by atomic mass is 32.2. The normalized spacial score (nSPS) is 9.73. The van der Waals surface area contributed by atoms with Crippen LogP contribution in [0.3, 0.4) is 0 Å². The Morgan fingerprint density at radius 1 is 0.733 bits per heavy atom. The van der Waals surface area contributed by atoms with Crippen LogP contribution in [0.5, 0.6) is 11.5 Å². The highest BCUT2D eigenvalue weighted by Gasteiger charge is 2.07. The molecule has 2 aromatic carbocycles. The Bertz CT molecular complexity index is 722. The van der Waals surface area contributed by atoms with Crippen LogP contribution in [0, 0.1) is 0 Å². The van der Waals surface area contributed by atoms with Gasteiger partial charge in [-0.05, 0) is 23.6 Å². The monoisotopic (exact) mass is 450 g/mol. The van der Waals surface area contributed by atoms with Crippen molar-refractivity contribution in [3.8, 4) is 11.5 Å². The average molecular weight is 451 g/mol. The van der Waals surface area contributed by atoms with Crippen LogP contribution in [-0.4, -0.2) is 37.8 Å². The molecule has 0 bridgehead atoms. The number of ether oxygens (including phenoxy) is 2. The zero-order valence-electron chi connectivity index (χ0n) is 17.9. The predicted molar refractivity (Wildman–Crippen MR) is 127 cm³/mol. The van der Waals surface area contributed by atoms with Crippen molar-refractivity contribution in [3.63, 3.8) is 0 Å². The van der Waals surface area contributed by atoms with E-state index in [1.807, 2.05) is 36.4 Å². The van der Waals surface area contributed by atoms with Crippen LogP contribution >= 0.6 is 23.5 Å². The number of hydrogen-bond acceptors (Lipinski definition) is 6. The SMILES string of the molecule is CCSCc1ccccc1OC(=O)NC.CCSCc1ccccc1OC(=O)NC. The van der Waals surface area contributed by atoms with E-state index in [0.717, 1.165) is 34.1 Å². The first kappa shape index (κ1) is 25.7. The summed E-state index contributed by atoms with van der Waals surface area (Å²) >= 11 is 3.60. The molecule has 2 amide bonds. The molecule has 0 heterocycles. The Hall–Kier alpha value is -2.32. The molecule has 8 heteroatoms. The lowest BCUT2D eigenvalue weighted by Gasteiger charge is -2.08. The van der Waals surface area contributed by atoms with Crippen molar-refractivity contribution in [2.75, 3.05) is 25.6 Å². The number of para-hydroxylation sites is 2. The van der Waals surface area contributed by atoms with Gasteiger partial charge in [0.15, 0.2) is 0 Å². The average Bonchev–Trinajstić information content (AvgIpc) is 2.78. The van der Waals surface area contributed by atoms with E-state index in [-0.39, 0.29) is 0 Å². The van der Waals surface area contributed by atoms with Gasteiger partial charge in [0.05, 0.1) is 0 Å². The van der Waals surface area contributed by atoms with Gasteiger partial charge in [-0.25, -0.2) is 9.59 Å². The first-order valence-electron chi connectivity index (χ1n) is 9.66. The molecule has 0 spiro atoms. The quantitative estimate of drug-likeness (QED) is 0.567. The predicted octanol–water partition coefficient (Wildman–Crippen LogP) is 5.32. The van der Waals surface area contributed by atoms with Crippen LogP contribution in [0.1, 0.15) is 25.0 Å². The fraction of sp³-hybridized carbons (Fsp3) is 0.364. The van der Waals surface area contributed by atoms with E-state index in [1.165, 1.54) is 0 Å². The van der Waals surface area contributed by atoms with E-state index in [9.17, 15) is 9.59 Å². The van der Waals surface area contributed by atoms with Gasteiger partial charge in [-0.2, -0.15) is 23.5 Å². The number of carbonyl (C=O) groups is 2. The van der Waals surface area contributed by atoms with Crippen molar-refractivity contribution in [3.05, 3.63) is 59.7 Å². The Kier molecular flexibility index (Phi) is 13.3. The Balaban J connectivity index is 0.000000300. The second kappa shape index (κ2) is 15.5. The van der Waals surface area contributed by atoms with Crippen LogP contribution in [-0.2, 0) is 11.5 Å². The van der Waals surface area contributed by atoms with Crippen LogP contribution < -0.4 is 20.1 Å². The molecule has 2 aromatic rings. The smallest absolute Gasteiger partial charge is 0.410 e. The summed E-state index contributed by atoms with van der Waals surface area (Å²) in [5.74, 6) is 5.10. The minimum Gasteiger partial charge on any atom is -0.410 e. The van der Waals surface area contributed by atoms with E-state index in [4.69, 9.17) is 9.47 Å². The summed E-state index contributed by atoms with van der Waals surface area (Å²) in [6, 6.07) is 15.2. The zero-order valence-corrected chi connectivity index (χ0v) is 19.5. The molecule has 0 unspecified atom stereocenters. The number of hydrogen-bond donors (Lipinski definition) is 2. The molecule has 6 nitrogen and oxygen atoms in total. The lowest BCUT2D eigenvalue weighted by atomic mass is 10.2. The van der Waals surface area contributed by atoms with Gasteiger partial charge in [0, 0.05) is 36.7 Å². The molecular weight excluding hydrogens is 420 g/mol. The Labute approximate surface area is 187 Å². The number of nitrogens with one attached hydrogen (secondary N) is 2. The van der Waals surface area contributed by atoms with Crippen LogP contribution in [0.15, 0.2) is 48.5 Å². The Morgan fingerprint density at radius 3 is 1.43 bits per heavy atom. The maximum atomic E-state index is 11.1. The van der Waals surface area contributed by atoms with Gasteiger partial charge >= 0.3 is 12.2 Å². The summed E-state index contributed by atoms with van der Waals surface area (Å²) < 4.78 is 10.3. The van der Waals surface area contributed by atoms with Gasteiger partial charge in [-0.1, -0.05) is 50.2 Å². The fourth-order valence-electron chi connectivity index (χ4n) is 2.17. The molecule has 0 aliphatic carbocycles. The lowest BCUT2D eigenvalue weighted by Crippen LogP contribution is -2.22. The highest BCUT2D eigenvalue weighted by molar-refractivity contribution is 7.98. The van der Waals surface area contributed by atoms with Gasteiger partial charge in [0.25, 0.3) is 0 Å². The molecule has 0 saturated heterocycles. The third kappa shape index (κ3) is 9.93. The molecule has 0 fully saturated rings. The molecule has 0 aromatic heterocycles. The molecule has 0 saturated carbocycles.